The normalized spacial score (nSPS) is 13.1. The number of carbonyl (C=O) groups is 1. The van der Waals surface area contributed by atoms with Gasteiger partial charge in [0.05, 0.1) is 0 Å². The lowest BCUT2D eigenvalue weighted by Crippen LogP contribution is -2.08. The molecule has 0 unspecified atom stereocenters. The molecule has 0 amide bonds. The Balaban J connectivity index is 1.31. The van der Waals surface area contributed by atoms with Gasteiger partial charge in [0.1, 0.15) is 23.0 Å². The molecule has 0 atom stereocenters. The quantitative estimate of drug-likeness (QED) is 0.325. The van der Waals surface area contributed by atoms with E-state index in [1.54, 1.807) is 0 Å². The van der Waals surface area contributed by atoms with Crippen LogP contribution in [-0.4, -0.2) is 5.78 Å². The van der Waals surface area contributed by atoms with Crippen LogP contribution in [0.1, 0.15) is 38.2 Å². The van der Waals surface area contributed by atoms with Crippen LogP contribution < -0.4 is 9.47 Å². The van der Waals surface area contributed by atoms with Gasteiger partial charge in [-0.1, -0.05) is 60.7 Å². The van der Waals surface area contributed by atoms with Gasteiger partial charge in [0, 0.05) is 24.0 Å². The van der Waals surface area contributed by atoms with Crippen molar-refractivity contribution in [1.82, 2.24) is 0 Å². The van der Waals surface area contributed by atoms with Crippen LogP contribution in [0.15, 0.2) is 84.9 Å². The van der Waals surface area contributed by atoms with Crippen molar-refractivity contribution in [2.24, 2.45) is 0 Å². The van der Waals surface area contributed by atoms with E-state index in [9.17, 15) is 4.79 Å². The van der Waals surface area contributed by atoms with Gasteiger partial charge in [-0.15, -0.1) is 0 Å². The summed E-state index contributed by atoms with van der Waals surface area (Å²) in [6, 6.07) is 27.5. The van der Waals surface area contributed by atoms with E-state index in [0.717, 1.165) is 58.1 Å². The van der Waals surface area contributed by atoms with Crippen LogP contribution in [-0.2, 0) is 12.8 Å². The Kier molecular flexibility index (Phi) is 3.75. The highest BCUT2D eigenvalue weighted by atomic mass is 16.5. The zero-order chi connectivity index (χ0) is 20.1. The molecule has 0 fully saturated rings. The highest BCUT2D eigenvalue weighted by molar-refractivity contribution is 6.09. The van der Waals surface area contributed by atoms with Crippen molar-refractivity contribution in [3.63, 3.8) is 0 Å². The maximum Gasteiger partial charge on any atom is 0.193 e. The first-order valence-corrected chi connectivity index (χ1v) is 10.1. The second-order valence-corrected chi connectivity index (χ2v) is 7.75. The molecule has 2 aliphatic heterocycles. The zero-order valence-corrected chi connectivity index (χ0v) is 16.2. The Morgan fingerprint density at radius 2 is 0.967 bits per heavy atom. The number of para-hydroxylation sites is 2. The van der Waals surface area contributed by atoms with Crippen molar-refractivity contribution in [1.29, 1.82) is 0 Å². The van der Waals surface area contributed by atoms with Gasteiger partial charge in [0.25, 0.3) is 0 Å². The molecule has 3 heteroatoms. The third-order valence-corrected chi connectivity index (χ3v) is 5.81. The van der Waals surface area contributed by atoms with Crippen LogP contribution in [0.25, 0.3) is 0 Å². The molecule has 0 saturated heterocycles. The van der Waals surface area contributed by atoms with E-state index < -0.39 is 0 Å². The van der Waals surface area contributed by atoms with E-state index in [1.807, 2.05) is 72.8 Å². The van der Waals surface area contributed by atoms with E-state index in [2.05, 4.69) is 12.1 Å². The standard InChI is InChI=1S/C27H18O3/c28-27(21-11-9-19-13-17-5-1-3-7-23(17)29-25(19)15-21)22-12-10-20-14-18-6-2-4-8-24(18)30-26(20)16-22/h1-12,15-16H,13-14H2. The van der Waals surface area contributed by atoms with Crippen LogP contribution in [0.5, 0.6) is 23.0 Å². The number of benzene rings is 4. The molecule has 3 nitrogen and oxygen atoms in total. The van der Waals surface area contributed by atoms with Gasteiger partial charge in [0.15, 0.2) is 5.78 Å². The van der Waals surface area contributed by atoms with Gasteiger partial charge in [-0.2, -0.15) is 0 Å². The van der Waals surface area contributed by atoms with Crippen molar-refractivity contribution in [2.45, 2.75) is 12.8 Å². The van der Waals surface area contributed by atoms with Gasteiger partial charge in [-0.05, 0) is 46.5 Å². The van der Waals surface area contributed by atoms with Crippen molar-refractivity contribution in [3.05, 3.63) is 118 Å². The average molecular weight is 390 g/mol. The van der Waals surface area contributed by atoms with E-state index >= 15 is 0 Å². The third-order valence-electron chi connectivity index (χ3n) is 5.81. The molecule has 0 bridgehead atoms. The number of carbonyl (C=O) groups excluding carboxylic acids is 1. The van der Waals surface area contributed by atoms with Gasteiger partial charge in [-0.3, -0.25) is 4.79 Å². The van der Waals surface area contributed by atoms with Crippen LogP contribution >= 0.6 is 0 Å². The lowest BCUT2D eigenvalue weighted by Gasteiger charge is -2.21. The molecular formula is C27H18O3. The smallest absolute Gasteiger partial charge is 0.193 e. The van der Waals surface area contributed by atoms with Crippen molar-refractivity contribution >= 4 is 5.78 Å². The van der Waals surface area contributed by atoms with E-state index in [-0.39, 0.29) is 5.78 Å². The van der Waals surface area contributed by atoms with E-state index in [4.69, 9.17) is 9.47 Å². The fourth-order valence-electron chi connectivity index (χ4n) is 4.19. The number of fused-ring (bicyclic) bond motifs is 4. The monoisotopic (exact) mass is 390 g/mol. The molecule has 4 aromatic carbocycles. The Morgan fingerprint density at radius 3 is 1.47 bits per heavy atom. The predicted molar refractivity (Wildman–Crippen MR) is 115 cm³/mol. The van der Waals surface area contributed by atoms with Gasteiger partial charge in [-0.25, -0.2) is 0 Å². The minimum absolute atomic E-state index is 0.0366. The predicted octanol–water partition coefficient (Wildman–Crippen LogP) is 6.31. The second-order valence-electron chi connectivity index (χ2n) is 7.75. The summed E-state index contributed by atoms with van der Waals surface area (Å²) in [6.07, 6.45) is 1.62. The van der Waals surface area contributed by atoms with Crippen LogP contribution in [0.2, 0.25) is 0 Å². The lowest BCUT2D eigenvalue weighted by atomic mass is 9.94. The van der Waals surface area contributed by atoms with Crippen LogP contribution in [0, 0.1) is 0 Å². The van der Waals surface area contributed by atoms with Crippen molar-refractivity contribution < 1.29 is 14.3 Å². The molecule has 0 N–H and O–H groups in total. The highest BCUT2D eigenvalue weighted by Gasteiger charge is 2.21. The maximum absolute atomic E-state index is 13.2. The summed E-state index contributed by atoms with van der Waals surface area (Å²) in [7, 11) is 0. The summed E-state index contributed by atoms with van der Waals surface area (Å²) >= 11 is 0. The largest absolute Gasteiger partial charge is 0.457 e. The van der Waals surface area contributed by atoms with Gasteiger partial charge >= 0.3 is 0 Å². The minimum atomic E-state index is -0.0366. The van der Waals surface area contributed by atoms with Gasteiger partial charge < -0.3 is 9.47 Å². The summed E-state index contributed by atoms with van der Waals surface area (Å²) in [5.74, 6) is 3.18. The molecular weight excluding hydrogens is 372 g/mol. The first-order chi connectivity index (χ1) is 14.7. The third kappa shape index (κ3) is 2.79. The van der Waals surface area contributed by atoms with E-state index in [1.165, 1.54) is 0 Å². The Hall–Kier alpha value is -3.85. The number of hydrogen-bond acceptors (Lipinski definition) is 3. The molecule has 144 valence electrons. The number of hydrogen-bond donors (Lipinski definition) is 0. The Bertz CT molecular complexity index is 1220. The molecule has 6 rings (SSSR count). The topological polar surface area (TPSA) is 35.5 Å². The number of ketones is 1. The fraction of sp³-hybridized carbons (Fsp3) is 0.0741. The Morgan fingerprint density at radius 1 is 0.533 bits per heavy atom. The molecule has 0 aromatic heterocycles. The molecule has 2 aliphatic rings. The first kappa shape index (κ1) is 17.0. The summed E-state index contributed by atoms with van der Waals surface area (Å²) in [6.45, 7) is 0. The molecule has 30 heavy (non-hydrogen) atoms. The fourth-order valence-corrected chi connectivity index (χ4v) is 4.19. The zero-order valence-electron chi connectivity index (χ0n) is 16.2. The minimum Gasteiger partial charge on any atom is -0.457 e. The summed E-state index contributed by atoms with van der Waals surface area (Å²) in [4.78, 5) is 13.2. The first-order valence-electron chi connectivity index (χ1n) is 10.1. The van der Waals surface area contributed by atoms with Crippen LogP contribution in [0.3, 0.4) is 0 Å². The van der Waals surface area contributed by atoms with Crippen LogP contribution in [0.4, 0.5) is 0 Å². The average Bonchev–Trinajstić information content (AvgIpc) is 2.80. The van der Waals surface area contributed by atoms with Crippen molar-refractivity contribution in [3.8, 4) is 23.0 Å². The summed E-state index contributed by atoms with van der Waals surface area (Å²) < 4.78 is 12.1. The molecule has 0 radical (unpaired) electrons. The SMILES string of the molecule is O=C(c1ccc2c(c1)Oc1ccccc1C2)c1ccc2c(c1)Oc1ccccc1C2. The van der Waals surface area contributed by atoms with Gasteiger partial charge in [0.2, 0.25) is 0 Å². The molecule has 0 saturated carbocycles. The number of rotatable bonds is 2. The maximum atomic E-state index is 13.2. The summed E-state index contributed by atoms with van der Waals surface area (Å²) in [5.41, 5.74) is 5.74. The lowest BCUT2D eigenvalue weighted by molar-refractivity contribution is 0.103. The van der Waals surface area contributed by atoms with E-state index in [0.29, 0.717) is 11.1 Å². The second kappa shape index (κ2) is 6.60. The highest BCUT2D eigenvalue weighted by Crippen LogP contribution is 2.39. The molecule has 2 heterocycles. The molecule has 0 aliphatic carbocycles. The summed E-state index contributed by atoms with van der Waals surface area (Å²) in [5, 5.41) is 0. The van der Waals surface area contributed by atoms with Crippen molar-refractivity contribution in [2.75, 3.05) is 0 Å². The Labute approximate surface area is 174 Å². The number of ether oxygens (including phenoxy) is 2. The molecule has 0 spiro atoms. The molecule has 4 aromatic rings.